The van der Waals surface area contributed by atoms with E-state index in [0.717, 1.165) is 5.69 Å². The van der Waals surface area contributed by atoms with Crippen molar-refractivity contribution in [2.75, 3.05) is 0 Å². The van der Waals surface area contributed by atoms with Crippen LogP contribution in [0.5, 0.6) is 0 Å². The van der Waals surface area contributed by atoms with Gasteiger partial charge in [-0.15, -0.1) is 0 Å². The number of H-pyrrole nitrogens is 1. The second-order valence-corrected chi connectivity index (χ2v) is 6.22. The molecule has 0 radical (unpaired) electrons. The molecule has 1 aromatic carbocycles. The summed E-state index contributed by atoms with van der Waals surface area (Å²) in [4.78, 5) is 23.6. The van der Waals surface area contributed by atoms with Crippen molar-refractivity contribution in [3.63, 3.8) is 0 Å². The highest BCUT2D eigenvalue weighted by molar-refractivity contribution is 6.35. The number of pyridine rings is 1. The fraction of sp³-hybridized carbons (Fsp3) is 0.211. The Morgan fingerprint density at radius 1 is 1.35 bits per heavy atom. The third-order valence-corrected chi connectivity index (χ3v) is 4.46. The number of hydrogen-bond acceptors (Lipinski definition) is 4. The number of nitrogens with one attached hydrogen (secondary N) is 2. The molecule has 0 aliphatic rings. The van der Waals surface area contributed by atoms with Crippen LogP contribution < -0.4 is 5.32 Å². The summed E-state index contributed by atoms with van der Waals surface area (Å²) >= 11 is 6.14. The number of carbonyl (C=O) groups is 1. The summed E-state index contributed by atoms with van der Waals surface area (Å²) < 4.78 is 15.2. The van der Waals surface area contributed by atoms with Crippen LogP contribution in [-0.4, -0.2) is 20.7 Å². The predicted octanol–water partition coefficient (Wildman–Crippen LogP) is 4.32. The lowest BCUT2D eigenvalue weighted by Gasteiger charge is -2.19. The third kappa shape index (κ3) is 3.81. The van der Waals surface area contributed by atoms with Crippen molar-refractivity contribution in [1.29, 1.82) is 0 Å². The minimum absolute atomic E-state index is 0. The first-order valence-electron chi connectivity index (χ1n) is 8.25. The number of hydrogen-bond donors (Lipinski definition) is 2. The topological polar surface area (TPSA) is 70.7 Å². The maximum Gasteiger partial charge on any atom is 0.199 e. The smallest absolute Gasteiger partial charge is 0.199 e. The lowest BCUT2D eigenvalue weighted by molar-refractivity contribution is 0.103. The molecular weight excluding hydrogens is 355 g/mol. The molecule has 0 bridgehead atoms. The van der Waals surface area contributed by atoms with Crippen LogP contribution in [0.4, 0.5) is 4.39 Å². The second-order valence-electron chi connectivity index (χ2n) is 5.82. The molecule has 3 rings (SSSR count). The minimum atomic E-state index is -0.602. The van der Waals surface area contributed by atoms with E-state index in [1.54, 1.807) is 43.0 Å². The summed E-state index contributed by atoms with van der Waals surface area (Å²) in [5.74, 6) is -1.08. The normalized spacial score (nSPS) is 12.1. The van der Waals surface area contributed by atoms with Crippen molar-refractivity contribution in [1.82, 2.24) is 20.3 Å². The van der Waals surface area contributed by atoms with Crippen LogP contribution in [0.1, 0.15) is 48.0 Å². The van der Waals surface area contributed by atoms with Gasteiger partial charge in [0.2, 0.25) is 0 Å². The zero-order valence-electron chi connectivity index (χ0n) is 14.2. The van der Waals surface area contributed by atoms with E-state index in [1.807, 2.05) is 6.92 Å². The van der Waals surface area contributed by atoms with E-state index in [0.29, 0.717) is 24.1 Å². The van der Waals surface area contributed by atoms with Gasteiger partial charge in [0.05, 0.1) is 16.9 Å². The number of nitrogens with zero attached hydrogens (tertiary/aromatic N) is 2. The molecular formula is C19H20ClFN4O. The van der Waals surface area contributed by atoms with Crippen LogP contribution in [0.15, 0.2) is 49.2 Å². The standard InChI is InChI=1S/C19H18ClFN4O.H2/c1-2-16(24-10-13-9-23-11-25-13)14-5-6-15(20)17(18(14)21)19(26)12-4-3-7-22-8-12;/h3-9,11,16,24H,2,10H2,1H3,(H,23,25);1H/t16-;/m1./s1. The summed E-state index contributed by atoms with van der Waals surface area (Å²) in [5.41, 5.74) is 1.47. The highest BCUT2D eigenvalue weighted by atomic mass is 35.5. The summed E-state index contributed by atoms with van der Waals surface area (Å²) in [7, 11) is 0. The van der Waals surface area contributed by atoms with E-state index in [1.165, 1.54) is 6.20 Å². The first kappa shape index (κ1) is 18.2. The van der Waals surface area contributed by atoms with Crippen LogP contribution in [0.2, 0.25) is 5.02 Å². The van der Waals surface area contributed by atoms with Crippen molar-refractivity contribution in [2.45, 2.75) is 25.9 Å². The van der Waals surface area contributed by atoms with Gasteiger partial charge in [-0.1, -0.05) is 24.6 Å². The van der Waals surface area contributed by atoms with Crippen molar-refractivity contribution in [3.8, 4) is 0 Å². The first-order valence-corrected chi connectivity index (χ1v) is 8.62. The van der Waals surface area contributed by atoms with E-state index < -0.39 is 11.6 Å². The molecule has 26 heavy (non-hydrogen) atoms. The van der Waals surface area contributed by atoms with Gasteiger partial charge in [0, 0.05) is 49.4 Å². The minimum Gasteiger partial charge on any atom is -0.347 e. The Kier molecular flexibility index (Phi) is 5.75. The lowest BCUT2D eigenvalue weighted by Crippen LogP contribution is -2.22. The molecule has 0 fully saturated rings. The highest BCUT2D eigenvalue weighted by Crippen LogP contribution is 2.29. The summed E-state index contributed by atoms with van der Waals surface area (Å²) in [6.07, 6.45) is 6.89. The fourth-order valence-electron chi connectivity index (χ4n) is 2.78. The van der Waals surface area contributed by atoms with Crippen LogP contribution in [0.25, 0.3) is 0 Å². The quantitative estimate of drug-likeness (QED) is 0.604. The van der Waals surface area contributed by atoms with Crippen molar-refractivity contribution in [3.05, 3.63) is 82.4 Å². The molecule has 3 aromatic rings. The number of imidazole rings is 1. The molecule has 0 unspecified atom stereocenters. The van der Waals surface area contributed by atoms with Crippen LogP contribution in [0.3, 0.4) is 0 Å². The molecule has 0 spiro atoms. The molecule has 0 aliphatic heterocycles. The van der Waals surface area contributed by atoms with Gasteiger partial charge in [-0.05, 0) is 24.6 Å². The molecule has 0 saturated carbocycles. The van der Waals surface area contributed by atoms with Crippen LogP contribution in [0, 0.1) is 5.82 Å². The molecule has 2 heterocycles. The first-order chi connectivity index (χ1) is 12.6. The van der Waals surface area contributed by atoms with Crippen LogP contribution in [-0.2, 0) is 6.54 Å². The third-order valence-electron chi connectivity index (χ3n) is 4.15. The molecule has 0 saturated heterocycles. The van der Waals surface area contributed by atoms with Gasteiger partial charge in [0.1, 0.15) is 5.82 Å². The Balaban J connectivity index is 0.00000261. The number of aromatic nitrogens is 3. The van der Waals surface area contributed by atoms with E-state index in [2.05, 4.69) is 20.3 Å². The van der Waals surface area contributed by atoms with Crippen molar-refractivity contribution >= 4 is 17.4 Å². The maximum absolute atomic E-state index is 15.2. The number of rotatable bonds is 7. The van der Waals surface area contributed by atoms with Gasteiger partial charge in [-0.25, -0.2) is 9.37 Å². The average Bonchev–Trinajstić information content (AvgIpc) is 3.18. The van der Waals surface area contributed by atoms with Crippen LogP contribution >= 0.6 is 11.6 Å². The molecule has 5 nitrogen and oxygen atoms in total. The predicted molar refractivity (Wildman–Crippen MR) is 99.7 cm³/mol. The van der Waals surface area contributed by atoms with E-state index in [-0.39, 0.29) is 18.1 Å². The number of halogens is 2. The van der Waals surface area contributed by atoms with Gasteiger partial charge in [-0.3, -0.25) is 9.78 Å². The SMILES string of the molecule is CC[C@@H](NCc1cnc[nH]1)c1ccc(Cl)c(C(=O)c2cccnc2)c1F.[HH]. The molecule has 2 aromatic heterocycles. The van der Waals surface area contributed by atoms with Gasteiger partial charge in [-0.2, -0.15) is 0 Å². The highest BCUT2D eigenvalue weighted by Gasteiger charge is 2.24. The largest absolute Gasteiger partial charge is 0.347 e. The Morgan fingerprint density at radius 3 is 2.85 bits per heavy atom. The van der Waals surface area contributed by atoms with Crippen molar-refractivity contribution < 1.29 is 10.6 Å². The van der Waals surface area contributed by atoms with E-state index in [9.17, 15) is 4.79 Å². The molecule has 0 aliphatic carbocycles. The fourth-order valence-corrected chi connectivity index (χ4v) is 3.01. The Labute approximate surface area is 157 Å². The number of benzene rings is 1. The zero-order valence-corrected chi connectivity index (χ0v) is 14.9. The molecule has 136 valence electrons. The lowest BCUT2D eigenvalue weighted by atomic mass is 9.96. The van der Waals surface area contributed by atoms with E-state index in [4.69, 9.17) is 11.6 Å². The van der Waals surface area contributed by atoms with Gasteiger partial charge < -0.3 is 10.3 Å². The number of ketones is 1. The monoisotopic (exact) mass is 374 g/mol. The molecule has 7 heteroatoms. The Morgan fingerprint density at radius 2 is 2.19 bits per heavy atom. The van der Waals surface area contributed by atoms with Gasteiger partial charge in [0.15, 0.2) is 5.78 Å². The van der Waals surface area contributed by atoms with Gasteiger partial charge in [0.25, 0.3) is 0 Å². The summed E-state index contributed by atoms with van der Waals surface area (Å²) in [5, 5.41) is 3.36. The maximum atomic E-state index is 15.2. The number of aromatic amines is 1. The van der Waals surface area contributed by atoms with E-state index >= 15 is 4.39 Å². The molecule has 1 atom stereocenters. The Bertz CT molecular complexity index is 890. The second kappa shape index (κ2) is 8.21. The molecule has 2 N–H and O–H groups in total. The summed E-state index contributed by atoms with van der Waals surface area (Å²) in [6.45, 7) is 2.45. The zero-order chi connectivity index (χ0) is 18.5. The van der Waals surface area contributed by atoms with Gasteiger partial charge >= 0.3 is 0 Å². The summed E-state index contributed by atoms with van der Waals surface area (Å²) in [6, 6.07) is 6.13. The molecule has 0 amide bonds. The average molecular weight is 375 g/mol. The number of carbonyl (C=O) groups excluding carboxylic acids is 1. The Hall–Kier alpha value is -2.57. The van der Waals surface area contributed by atoms with Crippen molar-refractivity contribution in [2.24, 2.45) is 0 Å².